The largest absolute Gasteiger partial charge is 0.330 e. The standard InChI is InChI=1S/C10H22N2/c1-4-10-9(6-11)7(2)5-8(3)12-10/h7-10,12H,4-6,11H2,1-3H3. The number of nitrogens with two attached hydrogens (primary N) is 1. The summed E-state index contributed by atoms with van der Waals surface area (Å²) in [6.45, 7) is 7.67. The summed E-state index contributed by atoms with van der Waals surface area (Å²) in [6, 6.07) is 1.32. The molecule has 0 bridgehead atoms. The third kappa shape index (κ3) is 1.99. The smallest absolute Gasteiger partial charge is 0.0110 e. The molecule has 0 aromatic rings. The molecule has 2 heteroatoms. The Kier molecular flexibility index (Phi) is 3.53. The molecule has 0 radical (unpaired) electrons. The van der Waals surface area contributed by atoms with Crippen LogP contribution in [0.3, 0.4) is 0 Å². The van der Waals surface area contributed by atoms with Gasteiger partial charge in [-0.15, -0.1) is 0 Å². The maximum absolute atomic E-state index is 5.77. The Balaban J connectivity index is 2.56. The van der Waals surface area contributed by atoms with Crippen molar-refractivity contribution >= 4 is 0 Å². The molecule has 1 heterocycles. The fraction of sp³-hybridized carbons (Fsp3) is 1.00. The minimum absolute atomic E-state index is 0.647. The molecule has 4 unspecified atom stereocenters. The van der Waals surface area contributed by atoms with Crippen molar-refractivity contribution in [3.8, 4) is 0 Å². The second kappa shape index (κ2) is 4.24. The Morgan fingerprint density at radius 3 is 2.58 bits per heavy atom. The summed E-state index contributed by atoms with van der Waals surface area (Å²) in [5.41, 5.74) is 5.77. The van der Waals surface area contributed by atoms with Crippen LogP contribution in [0.15, 0.2) is 0 Å². The summed E-state index contributed by atoms with van der Waals surface area (Å²) >= 11 is 0. The molecule has 12 heavy (non-hydrogen) atoms. The van der Waals surface area contributed by atoms with Crippen LogP contribution in [0.2, 0.25) is 0 Å². The molecule has 1 fully saturated rings. The summed E-state index contributed by atoms with van der Waals surface area (Å²) in [4.78, 5) is 0. The third-order valence-corrected chi connectivity index (χ3v) is 3.18. The fourth-order valence-electron chi connectivity index (χ4n) is 2.50. The SMILES string of the molecule is CCC1NC(C)CC(C)C1CN. The van der Waals surface area contributed by atoms with Gasteiger partial charge in [0, 0.05) is 12.1 Å². The first-order valence-electron chi connectivity index (χ1n) is 5.15. The van der Waals surface area contributed by atoms with Crippen LogP contribution in [0.25, 0.3) is 0 Å². The maximum atomic E-state index is 5.77. The normalized spacial score (nSPS) is 43.0. The second-order valence-electron chi connectivity index (χ2n) is 4.19. The van der Waals surface area contributed by atoms with E-state index in [0.29, 0.717) is 18.0 Å². The van der Waals surface area contributed by atoms with Crippen molar-refractivity contribution in [1.29, 1.82) is 0 Å². The highest BCUT2D eigenvalue weighted by atomic mass is 15.0. The van der Waals surface area contributed by atoms with Gasteiger partial charge in [0.1, 0.15) is 0 Å². The fourth-order valence-corrected chi connectivity index (χ4v) is 2.50. The zero-order valence-corrected chi connectivity index (χ0v) is 8.51. The number of piperidine rings is 1. The van der Waals surface area contributed by atoms with Crippen molar-refractivity contribution in [1.82, 2.24) is 5.32 Å². The Bertz CT molecular complexity index is 136. The van der Waals surface area contributed by atoms with Crippen LogP contribution < -0.4 is 11.1 Å². The average molecular weight is 170 g/mol. The molecule has 0 aromatic carbocycles. The summed E-state index contributed by atoms with van der Waals surface area (Å²) in [6.07, 6.45) is 2.48. The molecule has 0 amide bonds. The first kappa shape index (κ1) is 10.0. The second-order valence-corrected chi connectivity index (χ2v) is 4.19. The van der Waals surface area contributed by atoms with Gasteiger partial charge in [0.05, 0.1) is 0 Å². The van der Waals surface area contributed by atoms with Gasteiger partial charge < -0.3 is 11.1 Å². The maximum Gasteiger partial charge on any atom is 0.0110 e. The van der Waals surface area contributed by atoms with Crippen LogP contribution in [0.4, 0.5) is 0 Å². The first-order chi connectivity index (χ1) is 5.69. The first-order valence-corrected chi connectivity index (χ1v) is 5.15. The Labute approximate surface area is 75.9 Å². The highest BCUT2D eigenvalue weighted by Crippen LogP contribution is 2.26. The Hall–Kier alpha value is -0.0800. The highest BCUT2D eigenvalue weighted by molar-refractivity contribution is 4.88. The predicted octanol–water partition coefficient (Wildman–Crippen LogP) is 1.36. The third-order valence-electron chi connectivity index (χ3n) is 3.18. The van der Waals surface area contributed by atoms with Crippen molar-refractivity contribution in [2.45, 2.75) is 45.7 Å². The van der Waals surface area contributed by atoms with Gasteiger partial charge in [-0.25, -0.2) is 0 Å². The van der Waals surface area contributed by atoms with E-state index in [9.17, 15) is 0 Å². The number of hydrogen-bond acceptors (Lipinski definition) is 2. The lowest BCUT2D eigenvalue weighted by atomic mass is 9.78. The number of nitrogens with one attached hydrogen (secondary N) is 1. The number of rotatable bonds is 2. The topological polar surface area (TPSA) is 38.0 Å². The molecule has 4 atom stereocenters. The molecule has 72 valence electrons. The van der Waals surface area contributed by atoms with Crippen molar-refractivity contribution in [3.63, 3.8) is 0 Å². The van der Waals surface area contributed by atoms with Crippen LogP contribution in [0.1, 0.15) is 33.6 Å². The molecule has 1 saturated heterocycles. The summed E-state index contributed by atoms with van der Waals surface area (Å²) in [5.74, 6) is 1.47. The Morgan fingerprint density at radius 2 is 2.08 bits per heavy atom. The van der Waals surface area contributed by atoms with E-state index < -0.39 is 0 Å². The van der Waals surface area contributed by atoms with Gasteiger partial charge in [0.15, 0.2) is 0 Å². The van der Waals surface area contributed by atoms with E-state index in [1.165, 1.54) is 12.8 Å². The van der Waals surface area contributed by atoms with Crippen LogP contribution in [0.5, 0.6) is 0 Å². The van der Waals surface area contributed by atoms with E-state index in [1.807, 2.05) is 0 Å². The summed E-state index contributed by atoms with van der Waals surface area (Å²) < 4.78 is 0. The quantitative estimate of drug-likeness (QED) is 0.656. The molecule has 2 nitrogen and oxygen atoms in total. The van der Waals surface area contributed by atoms with Crippen molar-refractivity contribution in [3.05, 3.63) is 0 Å². The van der Waals surface area contributed by atoms with Gasteiger partial charge in [0.25, 0.3) is 0 Å². The van der Waals surface area contributed by atoms with Gasteiger partial charge in [-0.3, -0.25) is 0 Å². The highest BCUT2D eigenvalue weighted by Gasteiger charge is 2.30. The van der Waals surface area contributed by atoms with Gasteiger partial charge in [0.2, 0.25) is 0 Å². The Morgan fingerprint density at radius 1 is 1.42 bits per heavy atom. The minimum Gasteiger partial charge on any atom is -0.330 e. The lowest BCUT2D eigenvalue weighted by Gasteiger charge is -2.40. The minimum atomic E-state index is 0.647. The molecule has 0 saturated carbocycles. The van der Waals surface area contributed by atoms with E-state index in [4.69, 9.17) is 5.73 Å². The van der Waals surface area contributed by atoms with Gasteiger partial charge in [-0.2, -0.15) is 0 Å². The van der Waals surface area contributed by atoms with Crippen molar-refractivity contribution < 1.29 is 0 Å². The molecule has 0 aliphatic carbocycles. The van der Waals surface area contributed by atoms with E-state index in [2.05, 4.69) is 26.1 Å². The van der Waals surface area contributed by atoms with Crippen LogP contribution in [-0.4, -0.2) is 18.6 Å². The lowest BCUT2D eigenvalue weighted by molar-refractivity contribution is 0.170. The van der Waals surface area contributed by atoms with Crippen molar-refractivity contribution in [2.24, 2.45) is 17.6 Å². The van der Waals surface area contributed by atoms with Crippen LogP contribution in [0, 0.1) is 11.8 Å². The van der Waals surface area contributed by atoms with Gasteiger partial charge in [-0.05, 0) is 38.1 Å². The van der Waals surface area contributed by atoms with Crippen LogP contribution in [-0.2, 0) is 0 Å². The molecule has 1 rings (SSSR count). The molecule has 1 aliphatic heterocycles. The molecule has 0 spiro atoms. The van der Waals surface area contributed by atoms with E-state index in [-0.39, 0.29) is 0 Å². The summed E-state index contributed by atoms with van der Waals surface area (Å²) in [7, 11) is 0. The zero-order chi connectivity index (χ0) is 9.14. The van der Waals surface area contributed by atoms with Gasteiger partial charge >= 0.3 is 0 Å². The zero-order valence-electron chi connectivity index (χ0n) is 8.51. The monoisotopic (exact) mass is 170 g/mol. The lowest BCUT2D eigenvalue weighted by Crippen LogP contribution is -2.51. The van der Waals surface area contributed by atoms with Gasteiger partial charge in [-0.1, -0.05) is 13.8 Å². The molecular weight excluding hydrogens is 148 g/mol. The molecular formula is C10H22N2. The van der Waals surface area contributed by atoms with E-state index in [0.717, 1.165) is 12.5 Å². The molecule has 0 aromatic heterocycles. The number of hydrogen-bond donors (Lipinski definition) is 2. The van der Waals surface area contributed by atoms with E-state index >= 15 is 0 Å². The van der Waals surface area contributed by atoms with E-state index in [1.54, 1.807) is 0 Å². The van der Waals surface area contributed by atoms with Crippen LogP contribution >= 0.6 is 0 Å². The summed E-state index contributed by atoms with van der Waals surface area (Å²) in [5, 5.41) is 3.62. The molecule has 1 aliphatic rings. The average Bonchev–Trinajstić information content (AvgIpc) is 2.03. The van der Waals surface area contributed by atoms with Crippen molar-refractivity contribution in [2.75, 3.05) is 6.54 Å². The molecule has 3 N–H and O–H groups in total. The predicted molar refractivity (Wildman–Crippen MR) is 53.0 cm³/mol.